The van der Waals surface area contributed by atoms with Crippen LogP contribution >= 0.6 is 0 Å². The van der Waals surface area contributed by atoms with Gasteiger partial charge in [0.1, 0.15) is 18.7 Å². The van der Waals surface area contributed by atoms with Crippen molar-refractivity contribution in [3.05, 3.63) is 95.0 Å². The molecule has 1 saturated carbocycles. The summed E-state index contributed by atoms with van der Waals surface area (Å²) in [5.74, 6) is 0.655. The maximum atomic E-state index is 13.4. The maximum absolute atomic E-state index is 13.4. The second-order valence-corrected chi connectivity index (χ2v) is 11.3. The predicted octanol–water partition coefficient (Wildman–Crippen LogP) is 4.70. The second kappa shape index (κ2) is 10.1. The van der Waals surface area contributed by atoms with E-state index in [4.69, 9.17) is 9.47 Å². The first-order valence-corrected chi connectivity index (χ1v) is 14.0. The highest BCUT2D eigenvalue weighted by Gasteiger charge is 2.49. The molecule has 7 rings (SSSR count). The molecule has 39 heavy (non-hydrogen) atoms. The zero-order chi connectivity index (χ0) is 26.2. The zero-order valence-electron chi connectivity index (χ0n) is 22.1. The van der Waals surface area contributed by atoms with Crippen molar-refractivity contribution >= 4 is 16.6 Å². The molecule has 1 N–H and O–H groups in total. The number of ether oxygens (including phenoxy) is 2. The molecule has 3 aromatic carbocycles. The van der Waals surface area contributed by atoms with E-state index in [1.54, 1.807) is 17.0 Å². The lowest BCUT2D eigenvalue weighted by molar-refractivity contribution is -0.135. The second-order valence-electron chi connectivity index (χ2n) is 11.3. The number of nitrogens with one attached hydrogen (secondary N) is 1. The van der Waals surface area contributed by atoms with Crippen LogP contribution in [-0.2, 0) is 11.3 Å². The minimum absolute atomic E-state index is 0.105. The Morgan fingerprint density at radius 1 is 0.897 bits per heavy atom. The van der Waals surface area contributed by atoms with Crippen molar-refractivity contribution in [3.63, 3.8) is 0 Å². The first-order chi connectivity index (χ1) is 19.1. The van der Waals surface area contributed by atoms with Crippen LogP contribution in [0.5, 0.6) is 5.75 Å². The van der Waals surface area contributed by atoms with Crippen LogP contribution in [0, 0.1) is 5.41 Å². The molecule has 2 aliphatic heterocycles. The van der Waals surface area contributed by atoms with Crippen molar-refractivity contribution in [1.29, 1.82) is 0 Å². The van der Waals surface area contributed by atoms with Crippen molar-refractivity contribution in [2.75, 3.05) is 31.1 Å². The molecule has 0 atom stereocenters. The zero-order valence-corrected chi connectivity index (χ0v) is 22.1. The topological polar surface area (TPSA) is 68.6 Å². The van der Waals surface area contributed by atoms with Crippen LogP contribution in [0.1, 0.15) is 31.2 Å². The fraction of sp³-hybridized carbons (Fsp3) is 0.375. The van der Waals surface area contributed by atoms with Crippen LogP contribution in [0.2, 0.25) is 0 Å². The minimum Gasteiger partial charge on any atom is -0.489 e. The fourth-order valence-corrected chi connectivity index (χ4v) is 6.23. The first kappa shape index (κ1) is 24.4. The van der Waals surface area contributed by atoms with Gasteiger partial charge in [-0.1, -0.05) is 30.3 Å². The van der Waals surface area contributed by atoms with E-state index in [9.17, 15) is 4.79 Å². The number of fused-ring (bicyclic) bond motifs is 1. The molecule has 3 aliphatic rings. The molecule has 4 aromatic rings. The first-order valence-electron chi connectivity index (χ1n) is 14.0. The van der Waals surface area contributed by atoms with E-state index < -0.39 is 0 Å². The van der Waals surface area contributed by atoms with E-state index in [1.165, 1.54) is 31.6 Å². The molecule has 1 aliphatic carbocycles. The number of rotatable bonds is 7. The third-order valence-corrected chi connectivity index (χ3v) is 8.62. The minimum atomic E-state index is -0.105. The molecule has 0 radical (unpaired) electrons. The molecule has 0 bridgehead atoms. The Bertz CT molecular complexity index is 1500. The van der Waals surface area contributed by atoms with E-state index in [0.29, 0.717) is 40.9 Å². The summed E-state index contributed by atoms with van der Waals surface area (Å²) < 4.78 is 14.0. The Morgan fingerprint density at radius 2 is 1.64 bits per heavy atom. The Hall–Kier alpha value is -3.68. The smallest absolute Gasteiger partial charge is 0.265 e. The van der Waals surface area contributed by atoms with Gasteiger partial charge in [0, 0.05) is 37.3 Å². The summed E-state index contributed by atoms with van der Waals surface area (Å²) >= 11 is 0. The standard InChI is InChI=1S/C32H34N4O3/c37-31-29-16-27(38-19-23-4-2-1-3-5-23)10-11-30(29)34-22-36(31)25-8-6-24(7-9-25)35-14-12-26(13-15-35)39-28-17-32(18-28)20-33-21-32/h1-11,16,22,26,28,33H,12-15,17-21H2. The summed E-state index contributed by atoms with van der Waals surface area (Å²) in [5, 5.41) is 3.94. The Kier molecular flexibility index (Phi) is 6.33. The normalized spacial score (nSPS) is 19.1. The maximum Gasteiger partial charge on any atom is 0.265 e. The van der Waals surface area contributed by atoms with Crippen LogP contribution < -0.4 is 20.5 Å². The van der Waals surface area contributed by atoms with Crippen molar-refractivity contribution < 1.29 is 9.47 Å². The third kappa shape index (κ3) is 4.92. The number of benzene rings is 3. The largest absolute Gasteiger partial charge is 0.489 e. The predicted molar refractivity (Wildman–Crippen MR) is 153 cm³/mol. The van der Waals surface area contributed by atoms with Crippen LogP contribution in [0.25, 0.3) is 16.6 Å². The average Bonchev–Trinajstić information content (AvgIpc) is 2.94. The molecule has 3 heterocycles. The third-order valence-electron chi connectivity index (χ3n) is 8.62. The summed E-state index contributed by atoms with van der Waals surface area (Å²) in [7, 11) is 0. The quantitative estimate of drug-likeness (QED) is 0.380. The lowest BCUT2D eigenvalue weighted by atomic mass is 9.63. The number of anilines is 1. The van der Waals surface area contributed by atoms with Gasteiger partial charge in [0.2, 0.25) is 0 Å². The summed E-state index contributed by atoms with van der Waals surface area (Å²) in [5.41, 5.74) is 4.18. The van der Waals surface area contributed by atoms with Gasteiger partial charge in [0.25, 0.3) is 5.56 Å². The summed E-state index contributed by atoms with van der Waals surface area (Å²) in [6.45, 7) is 4.78. The summed E-state index contributed by atoms with van der Waals surface area (Å²) in [4.78, 5) is 20.3. The van der Waals surface area contributed by atoms with E-state index in [2.05, 4.69) is 27.3 Å². The Morgan fingerprint density at radius 3 is 2.36 bits per heavy atom. The lowest BCUT2D eigenvalue weighted by Gasteiger charge is -2.54. The monoisotopic (exact) mass is 522 g/mol. The average molecular weight is 523 g/mol. The van der Waals surface area contributed by atoms with Crippen LogP contribution in [0.15, 0.2) is 83.9 Å². The van der Waals surface area contributed by atoms with Gasteiger partial charge < -0.3 is 19.7 Å². The molecular weight excluding hydrogens is 488 g/mol. The van der Waals surface area contributed by atoms with Crippen molar-refractivity contribution in [3.8, 4) is 11.4 Å². The number of nitrogens with zero attached hydrogens (tertiary/aromatic N) is 3. The van der Waals surface area contributed by atoms with Gasteiger partial charge in [-0.3, -0.25) is 9.36 Å². The van der Waals surface area contributed by atoms with Gasteiger partial charge >= 0.3 is 0 Å². The Balaban J connectivity index is 0.998. The van der Waals surface area contributed by atoms with Gasteiger partial charge in [0.15, 0.2) is 0 Å². The molecule has 200 valence electrons. The van der Waals surface area contributed by atoms with E-state index in [0.717, 1.165) is 37.2 Å². The number of hydrogen-bond donors (Lipinski definition) is 1. The van der Waals surface area contributed by atoms with Crippen LogP contribution in [0.4, 0.5) is 5.69 Å². The van der Waals surface area contributed by atoms with Crippen molar-refractivity contribution in [1.82, 2.24) is 14.9 Å². The lowest BCUT2D eigenvalue weighted by Crippen LogP contribution is -2.62. The van der Waals surface area contributed by atoms with E-state index >= 15 is 0 Å². The Labute approximate surface area is 228 Å². The highest BCUT2D eigenvalue weighted by Crippen LogP contribution is 2.46. The number of aromatic nitrogens is 2. The van der Waals surface area contributed by atoms with Crippen LogP contribution in [0.3, 0.4) is 0 Å². The van der Waals surface area contributed by atoms with Crippen molar-refractivity contribution in [2.24, 2.45) is 5.41 Å². The molecule has 0 amide bonds. The molecular formula is C32H34N4O3. The number of piperidine rings is 1. The highest BCUT2D eigenvalue weighted by molar-refractivity contribution is 5.79. The molecule has 2 saturated heterocycles. The van der Waals surface area contributed by atoms with Gasteiger partial charge in [-0.15, -0.1) is 0 Å². The highest BCUT2D eigenvalue weighted by atomic mass is 16.5. The molecule has 3 fully saturated rings. The van der Waals surface area contributed by atoms with Crippen molar-refractivity contribution in [2.45, 2.75) is 44.5 Å². The number of hydrogen-bond acceptors (Lipinski definition) is 6. The molecule has 7 heteroatoms. The fourth-order valence-electron chi connectivity index (χ4n) is 6.23. The van der Waals surface area contributed by atoms with E-state index in [1.807, 2.05) is 54.6 Å². The molecule has 0 unspecified atom stereocenters. The summed E-state index contributed by atoms with van der Waals surface area (Å²) in [6, 6.07) is 23.7. The van der Waals surface area contributed by atoms with Gasteiger partial charge in [-0.25, -0.2) is 4.98 Å². The van der Waals surface area contributed by atoms with Gasteiger partial charge in [-0.2, -0.15) is 0 Å². The molecule has 1 aromatic heterocycles. The van der Waals surface area contributed by atoms with Gasteiger partial charge in [0.05, 0.1) is 28.8 Å². The molecule has 7 nitrogen and oxygen atoms in total. The summed E-state index contributed by atoms with van der Waals surface area (Å²) in [6.07, 6.45) is 7.03. The van der Waals surface area contributed by atoms with E-state index in [-0.39, 0.29) is 5.56 Å². The van der Waals surface area contributed by atoms with Crippen LogP contribution in [-0.4, -0.2) is 47.9 Å². The molecule has 1 spiro atoms. The SMILES string of the molecule is O=c1c2cc(OCc3ccccc3)ccc2ncn1-c1ccc(N2CCC(OC3CC4(CNC4)C3)CC2)cc1. The van der Waals surface area contributed by atoms with Gasteiger partial charge in [-0.05, 0) is 73.7 Å².